The number of hydrogen-bond acceptors (Lipinski definition) is 4. The van der Waals surface area contributed by atoms with E-state index < -0.39 is 16.0 Å². The summed E-state index contributed by atoms with van der Waals surface area (Å²) < 4.78 is 26.2. The van der Waals surface area contributed by atoms with Gasteiger partial charge in [0.25, 0.3) is 0 Å². The number of hydrogen-bond donors (Lipinski definition) is 3. The van der Waals surface area contributed by atoms with Gasteiger partial charge < -0.3 is 5.11 Å². The molecule has 2 aromatic rings. The Balaban J connectivity index is 2.07. The quantitative estimate of drug-likeness (QED) is 0.689. The van der Waals surface area contributed by atoms with Crippen molar-refractivity contribution in [3.63, 3.8) is 0 Å². The smallest absolute Gasteiger partial charge is 0.328 e. The fourth-order valence-electron chi connectivity index (χ4n) is 1.62. The number of nitrogens with zero attached hydrogens (tertiary/aromatic N) is 1. The second-order valence-electron chi connectivity index (χ2n) is 4.18. The summed E-state index contributed by atoms with van der Waals surface area (Å²) in [5, 5.41) is 14.6. The number of aliphatic carboxylic acids is 1. The highest BCUT2D eigenvalue weighted by Crippen LogP contribution is 2.09. The molecule has 0 fully saturated rings. The molecule has 7 nitrogen and oxygen atoms in total. The molecule has 0 aliphatic carbocycles. The Morgan fingerprint density at radius 3 is 2.90 bits per heavy atom. The molecule has 0 saturated heterocycles. The molecule has 0 bridgehead atoms. The normalized spacial score (nSPS) is 11.8. The van der Waals surface area contributed by atoms with E-state index in [-0.39, 0.29) is 11.4 Å². The molecule has 110 valence electrons. The molecule has 0 spiro atoms. The van der Waals surface area contributed by atoms with Gasteiger partial charge in [-0.05, 0) is 17.2 Å². The number of aromatic amines is 1. The van der Waals surface area contributed by atoms with Crippen LogP contribution in [0, 0.1) is 0 Å². The maximum atomic E-state index is 11.9. The van der Waals surface area contributed by atoms with Gasteiger partial charge in [0.2, 0.25) is 10.0 Å². The first kappa shape index (κ1) is 14.9. The Bertz CT molecular complexity index is 751. The average molecular weight is 307 g/mol. The Kier molecular flexibility index (Phi) is 4.51. The van der Waals surface area contributed by atoms with Crippen LogP contribution in [0.1, 0.15) is 11.1 Å². The second kappa shape index (κ2) is 6.33. The van der Waals surface area contributed by atoms with E-state index in [1.54, 1.807) is 24.3 Å². The number of sulfonamides is 1. The Hall–Kier alpha value is -2.45. The lowest BCUT2D eigenvalue weighted by molar-refractivity contribution is -0.131. The molecule has 0 radical (unpaired) electrons. The van der Waals surface area contributed by atoms with Crippen LogP contribution in [0.25, 0.3) is 6.08 Å². The van der Waals surface area contributed by atoms with Gasteiger partial charge in [-0.25, -0.2) is 17.9 Å². The number of carboxylic acid groups (broad SMARTS) is 1. The van der Waals surface area contributed by atoms with Gasteiger partial charge in [0.1, 0.15) is 4.90 Å². The summed E-state index contributed by atoms with van der Waals surface area (Å²) >= 11 is 0. The van der Waals surface area contributed by atoms with Crippen molar-refractivity contribution in [1.82, 2.24) is 14.9 Å². The van der Waals surface area contributed by atoms with E-state index in [4.69, 9.17) is 5.11 Å². The zero-order valence-corrected chi connectivity index (χ0v) is 11.7. The maximum Gasteiger partial charge on any atom is 0.328 e. The van der Waals surface area contributed by atoms with Crippen LogP contribution < -0.4 is 4.72 Å². The van der Waals surface area contributed by atoms with Crippen LogP contribution in [0.3, 0.4) is 0 Å². The van der Waals surface area contributed by atoms with E-state index in [0.29, 0.717) is 5.56 Å². The van der Waals surface area contributed by atoms with Crippen molar-refractivity contribution in [2.75, 3.05) is 0 Å². The van der Waals surface area contributed by atoms with E-state index in [0.717, 1.165) is 11.6 Å². The third kappa shape index (κ3) is 4.26. The molecule has 0 amide bonds. The Morgan fingerprint density at radius 1 is 1.43 bits per heavy atom. The van der Waals surface area contributed by atoms with Crippen LogP contribution >= 0.6 is 0 Å². The van der Waals surface area contributed by atoms with Gasteiger partial charge in [0.05, 0.1) is 6.20 Å². The van der Waals surface area contributed by atoms with Gasteiger partial charge in [-0.3, -0.25) is 5.10 Å². The number of aromatic nitrogens is 2. The second-order valence-corrected chi connectivity index (χ2v) is 5.94. The van der Waals surface area contributed by atoms with Crippen molar-refractivity contribution in [2.24, 2.45) is 0 Å². The van der Waals surface area contributed by atoms with Gasteiger partial charge in [0.15, 0.2) is 0 Å². The molecular formula is C13H13N3O4S. The lowest BCUT2D eigenvalue weighted by atomic mass is 10.1. The zero-order chi connectivity index (χ0) is 15.3. The highest BCUT2D eigenvalue weighted by Gasteiger charge is 2.14. The molecule has 0 saturated carbocycles. The van der Waals surface area contributed by atoms with Crippen LogP contribution in [-0.2, 0) is 21.4 Å². The fraction of sp³-hybridized carbons (Fsp3) is 0.0769. The predicted octanol–water partition coefficient (Wildman–Crippen LogP) is 0.986. The third-order valence-corrected chi connectivity index (χ3v) is 3.99. The van der Waals surface area contributed by atoms with Crippen LogP contribution in [0.5, 0.6) is 0 Å². The fourth-order valence-corrected chi connectivity index (χ4v) is 2.54. The summed E-state index contributed by atoms with van der Waals surface area (Å²) in [6, 6.07) is 6.91. The van der Waals surface area contributed by atoms with Gasteiger partial charge in [0, 0.05) is 18.8 Å². The zero-order valence-electron chi connectivity index (χ0n) is 10.9. The van der Waals surface area contributed by atoms with Crippen molar-refractivity contribution in [3.05, 3.63) is 53.9 Å². The first-order valence-electron chi connectivity index (χ1n) is 5.96. The molecule has 0 atom stereocenters. The first-order valence-corrected chi connectivity index (χ1v) is 7.44. The van der Waals surface area contributed by atoms with Gasteiger partial charge in [-0.2, -0.15) is 5.10 Å². The highest BCUT2D eigenvalue weighted by molar-refractivity contribution is 7.89. The summed E-state index contributed by atoms with van der Waals surface area (Å²) in [5.41, 5.74) is 1.40. The standard InChI is InChI=1S/C13H13N3O4S/c17-13(18)5-4-10-2-1-3-11(6-10)7-16-21(19,20)12-8-14-15-9-12/h1-6,8-9,16H,7H2,(H,14,15)(H,17,18). The van der Waals surface area contributed by atoms with E-state index in [1.165, 1.54) is 18.5 Å². The molecular weight excluding hydrogens is 294 g/mol. The molecule has 1 aromatic heterocycles. The minimum atomic E-state index is -3.61. The van der Waals surface area contributed by atoms with Crippen molar-refractivity contribution >= 4 is 22.1 Å². The van der Waals surface area contributed by atoms with E-state index in [9.17, 15) is 13.2 Å². The molecule has 2 rings (SSSR count). The van der Waals surface area contributed by atoms with E-state index in [1.807, 2.05) is 0 Å². The Labute approximate surface area is 121 Å². The SMILES string of the molecule is O=C(O)C=Cc1cccc(CNS(=O)(=O)c2cn[nH]c2)c1. The van der Waals surface area contributed by atoms with Gasteiger partial charge in [-0.15, -0.1) is 0 Å². The molecule has 21 heavy (non-hydrogen) atoms. The average Bonchev–Trinajstić information content (AvgIpc) is 2.98. The largest absolute Gasteiger partial charge is 0.478 e. The minimum Gasteiger partial charge on any atom is -0.478 e. The monoisotopic (exact) mass is 307 g/mol. The highest BCUT2D eigenvalue weighted by atomic mass is 32.2. The summed E-state index contributed by atoms with van der Waals surface area (Å²) in [4.78, 5) is 10.5. The number of benzene rings is 1. The van der Waals surface area contributed by atoms with Gasteiger partial charge in [-0.1, -0.05) is 24.3 Å². The molecule has 8 heteroatoms. The molecule has 1 aromatic carbocycles. The van der Waals surface area contributed by atoms with E-state index in [2.05, 4.69) is 14.9 Å². The number of nitrogens with one attached hydrogen (secondary N) is 2. The summed E-state index contributed by atoms with van der Waals surface area (Å²) in [5.74, 6) is -1.04. The molecule has 3 N–H and O–H groups in total. The maximum absolute atomic E-state index is 11.9. The first-order chi connectivity index (χ1) is 9.97. The van der Waals surface area contributed by atoms with Crippen LogP contribution in [0.15, 0.2) is 47.6 Å². The number of carboxylic acids is 1. The number of carbonyl (C=O) groups is 1. The van der Waals surface area contributed by atoms with E-state index >= 15 is 0 Å². The molecule has 1 heterocycles. The summed E-state index contributed by atoms with van der Waals surface area (Å²) in [6.07, 6.45) is 4.97. The van der Waals surface area contributed by atoms with Crippen molar-refractivity contribution in [3.8, 4) is 0 Å². The van der Waals surface area contributed by atoms with Crippen LogP contribution in [0.2, 0.25) is 0 Å². The predicted molar refractivity (Wildman–Crippen MR) is 75.7 cm³/mol. The van der Waals surface area contributed by atoms with Gasteiger partial charge >= 0.3 is 5.97 Å². The molecule has 0 aliphatic heterocycles. The van der Waals surface area contributed by atoms with Crippen molar-refractivity contribution in [1.29, 1.82) is 0 Å². The number of rotatable bonds is 6. The molecule has 0 aliphatic rings. The lowest BCUT2D eigenvalue weighted by Crippen LogP contribution is -2.22. The van der Waals surface area contributed by atoms with Crippen molar-refractivity contribution < 1.29 is 18.3 Å². The van der Waals surface area contributed by atoms with Crippen LogP contribution in [-0.4, -0.2) is 29.7 Å². The Morgan fingerprint density at radius 2 is 2.24 bits per heavy atom. The number of H-pyrrole nitrogens is 1. The lowest BCUT2D eigenvalue weighted by Gasteiger charge is -2.05. The summed E-state index contributed by atoms with van der Waals surface area (Å²) in [7, 11) is -3.61. The van der Waals surface area contributed by atoms with Crippen LogP contribution in [0.4, 0.5) is 0 Å². The minimum absolute atomic E-state index is 0.0597. The third-order valence-electron chi connectivity index (χ3n) is 2.62. The van der Waals surface area contributed by atoms with Crippen molar-refractivity contribution in [2.45, 2.75) is 11.4 Å². The topological polar surface area (TPSA) is 112 Å². The summed E-state index contributed by atoms with van der Waals surface area (Å²) in [6.45, 7) is 0.0995. The molecule has 0 unspecified atom stereocenters.